The van der Waals surface area contributed by atoms with E-state index in [1.807, 2.05) is 13.0 Å². The van der Waals surface area contributed by atoms with Crippen LogP contribution in [0.15, 0.2) is 42.5 Å². The van der Waals surface area contributed by atoms with E-state index in [1.54, 1.807) is 37.4 Å². The van der Waals surface area contributed by atoms with Crippen LogP contribution in [0.5, 0.6) is 17.2 Å². The molecule has 2 rings (SSSR count). The van der Waals surface area contributed by atoms with Gasteiger partial charge in [0, 0.05) is 0 Å². The molecule has 0 heterocycles. The second-order valence-electron chi connectivity index (χ2n) is 3.71. The first-order chi connectivity index (χ1) is 8.19. The quantitative estimate of drug-likeness (QED) is 0.798. The average Bonchev–Trinajstić information content (AvgIpc) is 2.34. The highest BCUT2D eigenvalue weighted by molar-refractivity contribution is 5.36. The van der Waals surface area contributed by atoms with Crippen LogP contribution in [0.4, 0.5) is 4.39 Å². The summed E-state index contributed by atoms with van der Waals surface area (Å²) in [5.74, 6) is 1.18. The van der Waals surface area contributed by atoms with Gasteiger partial charge in [-0.2, -0.15) is 0 Å². The molecular weight excluding hydrogens is 219 g/mol. The van der Waals surface area contributed by atoms with E-state index in [-0.39, 0.29) is 11.6 Å². The Morgan fingerprint density at radius 1 is 0.941 bits per heavy atom. The molecule has 0 N–H and O–H groups in total. The summed E-state index contributed by atoms with van der Waals surface area (Å²) in [4.78, 5) is 0. The Morgan fingerprint density at radius 3 is 2.18 bits per heavy atom. The third-order valence-electron chi connectivity index (χ3n) is 2.37. The van der Waals surface area contributed by atoms with Gasteiger partial charge < -0.3 is 9.47 Å². The minimum absolute atomic E-state index is 0.223. The van der Waals surface area contributed by atoms with Crippen molar-refractivity contribution in [2.45, 2.75) is 6.92 Å². The Bertz CT molecular complexity index is 506. The molecule has 0 bridgehead atoms. The molecule has 0 saturated heterocycles. The Balaban J connectivity index is 2.19. The van der Waals surface area contributed by atoms with Crippen molar-refractivity contribution in [3.8, 4) is 17.2 Å². The molecule has 0 aliphatic rings. The summed E-state index contributed by atoms with van der Waals surface area (Å²) in [6.45, 7) is 1.83. The van der Waals surface area contributed by atoms with Crippen molar-refractivity contribution in [2.24, 2.45) is 0 Å². The molecule has 3 heteroatoms. The minimum Gasteiger partial charge on any atom is -0.497 e. The van der Waals surface area contributed by atoms with Crippen molar-refractivity contribution in [1.82, 2.24) is 0 Å². The van der Waals surface area contributed by atoms with E-state index in [2.05, 4.69) is 0 Å². The van der Waals surface area contributed by atoms with E-state index < -0.39 is 0 Å². The molecule has 2 nitrogen and oxygen atoms in total. The van der Waals surface area contributed by atoms with E-state index in [0.717, 1.165) is 11.3 Å². The number of hydrogen-bond donors (Lipinski definition) is 0. The maximum Gasteiger partial charge on any atom is 0.165 e. The van der Waals surface area contributed by atoms with Gasteiger partial charge >= 0.3 is 0 Å². The summed E-state index contributed by atoms with van der Waals surface area (Å²) in [5, 5.41) is 0. The van der Waals surface area contributed by atoms with Gasteiger partial charge in [-0.15, -0.1) is 0 Å². The predicted molar refractivity (Wildman–Crippen MR) is 64.2 cm³/mol. The molecule has 2 aromatic rings. The van der Waals surface area contributed by atoms with Crippen molar-refractivity contribution >= 4 is 0 Å². The van der Waals surface area contributed by atoms with Crippen molar-refractivity contribution in [1.29, 1.82) is 0 Å². The Hall–Kier alpha value is -2.03. The molecule has 17 heavy (non-hydrogen) atoms. The molecule has 2 aromatic carbocycles. The first-order valence-electron chi connectivity index (χ1n) is 5.27. The summed E-state index contributed by atoms with van der Waals surface area (Å²) < 4.78 is 24.0. The van der Waals surface area contributed by atoms with Crippen LogP contribution in [0.2, 0.25) is 0 Å². The predicted octanol–water partition coefficient (Wildman–Crippen LogP) is 3.94. The molecule has 0 atom stereocenters. The lowest BCUT2D eigenvalue weighted by atomic mass is 10.2. The van der Waals surface area contributed by atoms with Gasteiger partial charge in [-0.25, -0.2) is 4.39 Å². The fourth-order valence-electron chi connectivity index (χ4n) is 1.46. The monoisotopic (exact) mass is 232 g/mol. The van der Waals surface area contributed by atoms with E-state index >= 15 is 0 Å². The van der Waals surface area contributed by atoms with Gasteiger partial charge in [-0.3, -0.25) is 0 Å². The van der Waals surface area contributed by atoms with Gasteiger partial charge in [0.15, 0.2) is 11.6 Å². The smallest absolute Gasteiger partial charge is 0.165 e. The van der Waals surface area contributed by atoms with Crippen LogP contribution in [0.3, 0.4) is 0 Å². The summed E-state index contributed by atoms with van der Waals surface area (Å²) >= 11 is 0. The Labute approximate surface area is 99.6 Å². The second-order valence-corrected chi connectivity index (χ2v) is 3.71. The number of halogens is 1. The lowest BCUT2D eigenvalue weighted by molar-refractivity contribution is 0.411. The van der Waals surface area contributed by atoms with Gasteiger partial charge in [0.2, 0.25) is 0 Å². The minimum atomic E-state index is -0.360. The zero-order valence-electron chi connectivity index (χ0n) is 9.74. The van der Waals surface area contributed by atoms with Crippen LogP contribution in [-0.2, 0) is 0 Å². The molecule has 0 amide bonds. The molecule has 0 fully saturated rings. The average molecular weight is 232 g/mol. The summed E-state index contributed by atoms with van der Waals surface area (Å²) in [6, 6.07) is 11.9. The first kappa shape index (κ1) is 11.5. The van der Waals surface area contributed by atoms with Crippen LogP contribution in [0.1, 0.15) is 5.56 Å². The number of methoxy groups -OCH3 is 1. The Morgan fingerprint density at radius 2 is 1.59 bits per heavy atom. The fraction of sp³-hybridized carbons (Fsp3) is 0.143. The number of rotatable bonds is 3. The van der Waals surface area contributed by atoms with E-state index in [0.29, 0.717) is 5.75 Å². The normalized spacial score (nSPS) is 10.1. The molecule has 0 unspecified atom stereocenters. The maximum absolute atomic E-state index is 13.5. The SMILES string of the molecule is COc1ccc(Oc2ccc(C)cc2F)cc1. The summed E-state index contributed by atoms with van der Waals surface area (Å²) in [6.07, 6.45) is 0. The zero-order chi connectivity index (χ0) is 12.3. The molecule has 0 aliphatic heterocycles. The molecule has 88 valence electrons. The first-order valence-corrected chi connectivity index (χ1v) is 5.27. The van der Waals surface area contributed by atoms with E-state index in [1.165, 1.54) is 6.07 Å². The highest BCUT2D eigenvalue weighted by atomic mass is 19.1. The summed E-state index contributed by atoms with van der Waals surface area (Å²) in [7, 11) is 1.59. The van der Waals surface area contributed by atoms with Crippen molar-refractivity contribution in [3.05, 3.63) is 53.8 Å². The zero-order valence-corrected chi connectivity index (χ0v) is 9.74. The van der Waals surface area contributed by atoms with Crippen LogP contribution in [0, 0.1) is 12.7 Å². The standard InChI is InChI=1S/C14H13FO2/c1-10-3-8-14(13(15)9-10)17-12-6-4-11(16-2)5-7-12/h3-9H,1-2H3. The molecule has 0 aromatic heterocycles. The third kappa shape index (κ3) is 2.75. The molecule has 0 spiro atoms. The lowest BCUT2D eigenvalue weighted by Crippen LogP contribution is -1.89. The van der Waals surface area contributed by atoms with Crippen molar-refractivity contribution < 1.29 is 13.9 Å². The van der Waals surface area contributed by atoms with Gasteiger partial charge in [0.1, 0.15) is 11.5 Å². The van der Waals surface area contributed by atoms with Crippen molar-refractivity contribution in [2.75, 3.05) is 7.11 Å². The fourth-order valence-corrected chi connectivity index (χ4v) is 1.46. The third-order valence-corrected chi connectivity index (χ3v) is 2.37. The highest BCUT2D eigenvalue weighted by Crippen LogP contribution is 2.26. The highest BCUT2D eigenvalue weighted by Gasteiger charge is 2.04. The molecular formula is C14H13FO2. The second kappa shape index (κ2) is 4.87. The van der Waals surface area contributed by atoms with Gasteiger partial charge in [-0.05, 0) is 48.9 Å². The van der Waals surface area contributed by atoms with E-state index in [4.69, 9.17) is 9.47 Å². The van der Waals surface area contributed by atoms with Crippen LogP contribution in [0.25, 0.3) is 0 Å². The van der Waals surface area contributed by atoms with Crippen molar-refractivity contribution in [3.63, 3.8) is 0 Å². The summed E-state index contributed by atoms with van der Waals surface area (Å²) in [5.41, 5.74) is 0.865. The number of ether oxygens (including phenoxy) is 2. The Kier molecular flexibility index (Phi) is 3.28. The molecule has 0 radical (unpaired) electrons. The van der Waals surface area contributed by atoms with Gasteiger partial charge in [-0.1, -0.05) is 6.07 Å². The largest absolute Gasteiger partial charge is 0.497 e. The molecule has 0 saturated carbocycles. The van der Waals surface area contributed by atoms with E-state index in [9.17, 15) is 4.39 Å². The number of aryl methyl sites for hydroxylation is 1. The number of hydrogen-bond acceptors (Lipinski definition) is 2. The maximum atomic E-state index is 13.5. The van der Waals surface area contributed by atoms with Crippen LogP contribution >= 0.6 is 0 Å². The molecule has 0 aliphatic carbocycles. The van der Waals surface area contributed by atoms with Crippen LogP contribution in [-0.4, -0.2) is 7.11 Å². The topological polar surface area (TPSA) is 18.5 Å². The van der Waals surface area contributed by atoms with Gasteiger partial charge in [0.05, 0.1) is 7.11 Å². The van der Waals surface area contributed by atoms with Gasteiger partial charge in [0.25, 0.3) is 0 Å². The number of benzene rings is 2. The van der Waals surface area contributed by atoms with Crippen LogP contribution < -0.4 is 9.47 Å². The lowest BCUT2D eigenvalue weighted by Gasteiger charge is -2.07.